The summed E-state index contributed by atoms with van der Waals surface area (Å²) in [6.45, 7) is 14.3. The Labute approximate surface area is 238 Å². The van der Waals surface area contributed by atoms with Gasteiger partial charge in [-0.15, -0.1) is 0 Å². The zero-order chi connectivity index (χ0) is 28.9. The zero-order valence-corrected chi connectivity index (χ0v) is 24.2. The Hall–Kier alpha value is -3.80. The molecule has 0 radical (unpaired) electrons. The Bertz CT molecular complexity index is 1310. The van der Waals surface area contributed by atoms with E-state index < -0.39 is 5.97 Å². The fraction of sp³-hybridized carbons (Fsp3) is 0.412. The van der Waals surface area contributed by atoms with Crippen molar-refractivity contribution in [3.05, 3.63) is 96.2 Å². The van der Waals surface area contributed by atoms with Crippen molar-refractivity contribution in [3.63, 3.8) is 0 Å². The Morgan fingerprint density at radius 2 is 1.60 bits per heavy atom. The van der Waals surface area contributed by atoms with Gasteiger partial charge in [-0.2, -0.15) is 0 Å². The molecule has 2 aromatic carbocycles. The normalized spacial score (nSPS) is 19.6. The molecule has 6 heteroatoms. The number of carboxylic acids is 1. The number of hydrogen-bond acceptors (Lipinski definition) is 5. The molecule has 6 nitrogen and oxygen atoms in total. The molecule has 4 rings (SSSR count). The number of carboxylic acid groups (broad SMARTS) is 1. The number of allylic oxidation sites excluding steroid dienone is 3. The van der Waals surface area contributed by atoms with E-state index in [1.807, 2.05) is 6.07 Å². The smallest absolute Gasteiger partial charge is 0.306 e. The number of benzene rings is 2. The highest BCUT2D eigenvalue weighted by molar-refractivity contribution is 5.72. The molecule has 0 amide bonds. The van der Waals surface area contributed by atoms with E-state index in [1.54, 1.807) is 6.08 Å². The highest BCUT2D eigenvalue weighted by atomic mass is 16.5. The van der Waals surface area contributed by atoms with Gasteiger partial charge in [0, 0.05) is 53.8 Å². The van der Waals surface area contributed by atoms with E-state index in [2.05, 4.69) is 105 Å². The van der Waals surface area contributed by atoms with Crippen LogP contribution in [0.5, 0.6) is 0 Å². The number of anilines is 2. The lowest BCUT2D eigenvalue weighted by atomic mass is 9.80. The summed E-state index contributed by atoms with van der Waals surface area (Å²) in [6, 6.07) is 17.0. The van der Waals surface area contributed by atoms with Crippen molar-refractivity contribution >= 4 is 23.3 Å². The molecule has 0 spiro atoms. The molecule has 1 atom stereocenters. The molecule has 2 heterocycles. The maximum Gasteiger partial charge on any atom is 0.306 e. The standard InChI is InChI=1S/C34H42N2O4/c1-6-24-40-32(39)21-13-23-36-28-17-10-8-15-26(28)34(4,5)30(36)19-11-18-29-33(2,3)25-14-7-9-16-27(25)35(29)22-12-20-31(37)38/h6-11,14-19,30H,1,12-13,20-24H2,2-5H3,(H,37,38). The highest BCUT2D eigenvalue weighted by Gasteiger charge is 2.43. The van der Waals surface area contributed by atoms with Crippen LogP contribution in [-0.4, -0.2) is 42.8 Å². The number of carbonyl (C=O) groups excluding carboxylic acids is 1. The first kappa shape index (κ1) is 29.2. The van der Waals surface area contributed by atoms with Gasteiger partial charge < -0.3 is 19.6 Å². The Morgan fingerprint density at radius 3 is 2.30 bits per heavy atom. The monoisotopic (exact) mass is 542 g/mol. The molecule has 40 heavy (non-hydrogen) atoms. The summed E-state index contributed by atoms with van der Waals surface area (Å²) < 4.78 is 5.18. The maximum absolute atomic E-state index is 12.1. The Kier molecular flexibility index (Phi) is 8.87. The van der Waals surface area contributed by atoms with E-state index in [4.69, 9.17) is 4.74 Å². The second-order valence-corrected chi connectivity index (χ2v) is 11.7. The van der Waals surface area contributed by atoms with Crippen molar-refractivity contribution in [3.8, 4) is 0 Å². The SMILES string of the molecule is C=CCOC(=O)CCCN1c2ccccc2C(C)(C)C1C=CC=C1N(CCCC(=O)O)c2ccccc2C1(C)C. The van der Waals surface area contributed by atoms with Crippen molar-refractivity contribution in [2.45, 2.75) is 70.3 Å². The summed E-state index contributed by atoms with van der Waals surface area (Å²) in [6.07, 6.45) is 10.0. The van der Waals surface area contributed by atoms with Crippen molar-refractivity contribution < 1.29 is 19.4 Å². The lowest BCUT2D eigenvalue weighted by molar-refractivity contribution is -0.142. The largest absolute Gasteiger partial charge is 0.481 e. The first-order valence-electron chi connectivity index (χ1n) is 14.2. The molecule has 0 bridgehead atoms. The van der Waals surface area contributed by atoms with E-state index in [1.165, 1.54) is 22.5 Å². The van der Waals surface area contributed by atoms with Crippen molar-refractivity contribution in [2.24, 2.45) is 0 Å². The van der Waals surface area contributed by atoms with Crippen LogP contribution in [0.25, 0.3) is 0 Å². The molecule has 0 saturated carbocycles. The van der Waals surface area contributed by atoms with Gasteiger partial charge in [0.1, 0.15) is 6.61 Å². The highest BCUT2D eigenvalue weighted by Crippen LogP contribution is 2.48. The van der Waals surface area contributed by atoms with Gasteiger partial charge in [-0.1, -0.05) is 88.9 Å². The third-order valence-corrected chi connectivity index (χ3v) is 8.24. The average molecular weight is 543 g/mol. The molecular formula is C34H42N2O4. The van der Waals surface area contributed by atoms with Crippen molar-refractivity contribution in [1.82, 2.24) is 0 Å². The summed E-state index contributed by atoms with van der Waals surface area (Å²) in [4.78, 5) is 28.0. The molecule has 212 valence electrons. The number of esters is 1. The molecule has 0 aromatic heterocycles. The van der Waals surface area contributed by atoms with Gasteiger partial charge in [-0.3, -0.25) is 9.59 Å². The number of nitrogens with zero attached hydrogens (tertiary/aromatic N) is 2. The topological polar surface area (TPSA) is 70.1 Å². The van der Waals surface area contributed by atoms with Crippen LogP contribution < -0.4 is 9.80 Å². The maximum atomic E-state index is 12.1. The third-order valence-electron chi connectivity index (χ3n) is 8.24. The average Bonchev–Trinajstić information content (AvgIpc) is 3.27. The van der Waals surface area contributed by atoms with Crippen LogP contribution in [0.3, 0.4) is 0 Å². The number of ether oxygens (including phenoxy) is 1. The van der Waals surface area contributed by atoms with Gasteiger partial charge in [0.05, 0.1) is 6.04 Å². The zero-order valence-electron chi connectivity index (χ0n) is 24.2. The third kappa shape index (κ3) is 5.86. The fourth-order valence-corrected chi connectivity index (χ4v) is 6.21. The van der Waals surface area contributed by atoms with E-state index in [0.29, 0.717) is 25.8 Å². The van der Waals surface area contributed by atoms with Crippen LogP contribution in [0.2, 0.25) is 0 Å². The van der Waals surface area contributed by atoms with Gasteiger partial charge >= 0.3 is 11.9 Å². The number of rotatable bonds is 12. The van der Waals surface area contributed by atoms with Crippen molar-refractivity contribution in [1.29, 1.82) is 0 Å². The van der Waals surface area contributed by atoms with Gasteiger partial charge in [0.15, 0.2) is 0 Å². The number of aliphatic carboxylic acids is 1. The lowest BCUT2D eigenvalue weighted by Crippen LogP contribution is -2.40. The lowest BCUT2D eigenvalue weighted by Gasteiger charge is -2.32. The number of carbonyl (C=O) groups is 2. The van der Waals surface area contributed by atoms with E-state index in [-0.39, 0.29) is 35.9 Å². The Balaban J connectivity index is 1.60. The fourth-order valence-electron chi connectivity index (χ4n) is 6.21. The summed E-state index contributed by atoms with van der Waals surface area (Å²) in [5.41, 5.74) is 5.75. The van der Waals surface area contributed by atoms with Crippen LogP contribution in [0.4, 0.5) is 11.4 Å². The first-order chi connectivity index (χ1) is 19.1. The number of para-hydroxylation sites is 2. The first-order valence-corrected chi connectivity index (χ1v) is 14.2. The molecule has 0 fully saturated rings. The molecule has 0 saturated heterocycles. The van der Waals surface area contributed by atoms with Gasteiger partial charge in [0.2, 0.25) is 0 Å². The molecule has 1 N–H and O–H groups in total. The minimum Gasteiger partial charge on any atom is -0.481 e. The quantitative estimate of drug-likeness (QED) is 0.236. The molecule has 2 aliphatic heterocycles. The predicted molar refractivity (Wildman–Crippen MR) is 162 cm³/mol. The summed E-state index contributed by atoms with van der Waals surface area (Å²) >= 11 is 0. The van der Waals surface area contributed by atoms with Gasteiger partial charge in [-0.05, 0) is 42.2 Å². The molecule has 2 aromatic rings. The van der Waals surface area contributed by atoms with E-state index >= 15 is 0 Å². The predicted octanol–water partition coefficient (Wildman–Crippen LogP) is 6.76. The second-order valence-electron chi connectivity index (χ2n) is 11.7. The number of hydrogen-bond donors (Lipinski definition) is 1. The Morgan fingerprint density at radius 1 is 0.950 bits per heavy atom. The summed E-state index contributed by atoms with van der Waals surface area (Å²) in [7, 11) is 0. The summed E-state index contributed by atoms with van der Waals surface area (Å²) in [5.74, 6) is -0.969. The molecule has 1 unspecified atom stereocenters. The van der Waals surface area contributed by atoms with Crippen LogP contribution in [0.1, 0.15) is 64.5 Å². The van der Waals surface area contributed by atoms with Crippen LogP contribution in [-0.2, 0) is 25.2 Å². The molecule has 0 aliphatic carbocycles. The van der Waals surface area contributed by atoms with E-state index in [0.717, 1.165) is 12.2 Å². The van der Waals surface area contributed by atoms with Crippen molar-refractivity contribution in [2.75, 3.05) is 29.5 Å². The van der Waals surface area contributed by atoms with E-state index in [9.17, 15) is 14.7 Å². The molecular weight excluding hydrogens is 500 g/mol. The van der Waals surface area contributed by atoms with Crippen LogP contribution >= 0.6 is 0 Å². The summed E-state index contributed by atoms with van der Waals surface area (Å²) in [5, 5.41) is 9.21. The molecule has 2 aliphatic rings. The van der Waals surface area contributed by atoms with Crippen LogP contribution in [0.15, 0.2) is 85.1 Å². The van der Waals surface area contributed by atoms with Gasteiger partial charge in [-0.25, -0.2) is 0 Å². The minimum absolute atomic E-state index is 0.110. The van der Waals surface area contributed by atoms with Gasteiger partial charge in [0.25, 0.3) is 0 Å². The number of fused-ring (bicyclic) bond motifs is 2. The second kappa shape index (κ2) is 12.2. The van der Waals surface area contributed by atoms with Crippen LogP contribution in [0, 0.1) is 0 Å². The minimum atomic E-state index is -0.769.